The molecule has 2 nitrogen and oxygen atoms in total. The number of nitrogens with two attached hydrogens (primary N) is 1. The molecule has 2 heteroatoms. The summed E-state index contributed by atoms with van der Waals surface area (Å²) in [6, 6.07) is 0.168. The summed E-state index contributed by atoms with van der Waals surface area (Å²) in [5.41, 5.74) is 8.45. The molecule has 1 aromatic rings. The van der Waals surface area contributed by atoms with Gasteiger partial charge < -0.3 is 10.7 Å². The minimum atomic E-state index is 0.168. The number of aromatic amines is 1. The largest absolute Gasteiger partial charge is 0.367 e. The Balaban J connectivity index is 2.84. The second-order valence-electron chi connectivity index (χ2n) is 3.36. The average Bonchev–Trinajstić information content (AvgIpc) is 2.33. The average molecular weight is 152 g/mol. The van der Waals surface area contributed by atoms with Gasteiger partial charge in [-0.1, -0.05) is 13.8 Å². The van der Waals surface area contributed by atoms with Crippen molar-refractivity contribution in [2.75, 3.05) is 0 Å². The molecule has 0 saturated heterocycles. The van der Waals surface area contributed by atoms with E-state index in [4.69, 9.17) is 5.73 Å². The zero-order valence-corrected chi connectivity index (χ0v) is 7.39. The minimum absolute atomic E-state index is 0.168. The zero-order chi connectivity index (χ0) is 8.43. The maximum atomic E-state index is 5.96. The number of rotatable bonds is 2. The molecule has 0 aliphatic heterocycles. The van der Waals surface area contributed by atoms with Crippen LogP contribution >= 0.6 is 0 Å². The Morgan fingerprint density at radius 2 is 2.00 bits per heavy atom. The summed E-state index contributed by atoms with van der Waals surface area (Å²) in [5, 5.41) is 0. The van der Waals surface area contributed by atoms with E-state index in [1.54, 1.807) is 0 Å². The van der Waals surface area contributed by atoms with Crippen molar-refractivity contribution in [3.8, 4) is 0 Å². The lowest BCUT2D eigenvalue weighted by atomic mass is 9.97. The van der Waals surface area contributed by atoms with Crippen molar-refractivity contribution in [1.82, 2.24) is 4.98 Å². The van der Waals surface area contributed by atoms with Crippen LogP contribution in [0.1, 0.15) is 31.0 Å². The Morgan fingerprint density at radius 3 is 2.36 bits per heavy atom. The number of hydrogen-bond donors (Lipinski definition) is 2. The topological polar surface area (TPSA) is 41.8 Å². The Kier molecular flexibility index (Phi) is 2.35. The smallest absolute Gasteiger partial charge is 0.0335 e. The second kappa shape index (κ2) is 3.09. The predicted molar refractivity (Wildman–Crippen MR) is 47.3 cm³/mol. The summed E-state index contributed by atoms with van der Waals surface area (Å²) in [5.74, 6) is 0.504. The molecule has 1 atom stereocenters. The van der Waals surface area contributed by atoms with Crippen LogP contribution in [-0.4, -0.2) is 4.98 Å². The number of hydrogen-bond acceptors (Lipinski definition) is 1. The van der Waals surface area contributed by atoms with Crippen LogP contribution in [0.5, 0.6) is 0 Å². The van der Waals surface area contributed by atoms with E-state index in [-0.39, 0.29) is 6.04 Å². The van der Waals surface area contributed by atoms with Gasteiger partial charge in [0, 0.05) is 18.4 Å². The zero-order valence-electron chi connectivity index (χ0n) is 7.39. The highest BCUT2D eigenvalue weighted by Gasteiger charge is 2.12. The Bertz CT molecular complexity index is 225. The molecule has 0 radical (unpaired) electrons. The SMILES string of the molecule is Cc1c[nH]cc1C(N)C(C)C. The van der Waals surface area contributed by atoms with Crippen molar-refractivity contribution in [1.29, 1.82) is 0 Å². The Morgan fingerprint density at radius 1 is 1.36 bits per heavy atom. The quantitative estimate of drug-likeness (QED) is 0.668. The lowest BCUT2D eigenvalue weighted by Gasteiger charge is -2.14. The van der Waals surface area contributed by atoms with Gasteiger partial charge in [0.1, 0.15) is 0 Å². The molecule has 0 aromatic carbocycles. The molecule has 1 rings (SSSR count). The number of aromatic nitrogens is 1. The summed E-state index contributed by atoms with van der Waals surface area (Å²) in [7, 11) is 0. The van der Waals surface area contributed by atoms with Gasteiger partial charge in [-0.15, -0.1) is 0 Å². The van der Waals surface area contributed by atoms with Crippen molar-refractivity contribution in [3.05, 3.63) is 23.5 Å². The monoisotopic (exact) mass is 152 g/mol. The van der Waals surface area contributed by atoms with E-state index < -0.39 is 0 Å². The first kappa shape index (κ1) is 8.34. The van der Waals surface area contributed by atoms with Gasteiger partial charge in [0.05, 0.1) is 0 Å². The maximum absolute atomic E-state index is 5.96. The van der Waals surface area contributed by atoms with E-state index in [1.165, 1.54) is 11.1 Å². The molecule has 0 aliphatic carbocycles. The first-order chi connectivity index (χ1) is 5.13. The minimum Gasteiger partial charge on any atom is -0.367 e. The van der Waals surface area contributed by atoms with Gasteiger partial charge >= 0.3 is 0 Å². The first-order valence-electron chi connectivity index (χ1n) is 4.01. The van der Waals surface area contributed by atoms with Crippen molar-refractivity contribution in [3.63, 3.8) is 0 Å². The summed E-state index contributed by atoms with van der Waals surface area (Å²) in [6.07, 6.45) is 3.97. The van der Waals surface area contributed by atoms with Gasteiger partial charge in [-0.3, -0.25) is 0 Å². The molecular formula is C9H16N2. The van der Waals surface area contributed by atoms with E-state index in [2.05, 4.69) is 25.8 Å². The molecule has 0 saturated carbocycles. The lowest BCUT2D eigenvalue weighted by molar-refractivity contribution is 0.513. The van der Waals surface area contributed by atoms with E-state index >= 15 is 0 Å². The molecule has 0 amide bonds. The van der Waals surface area contributed by atoms with Crippen LogP contribution in [-0.2, 0) is 0 Å². The first-order valence-corrected chi connectivity index (χ1v) is 4.01. The van der Waals surface area contributed by atoms with Gasteiger partial charge in [-0.2, -0.15) is 0 Å². The fourth-order valence-electron chi connectivity index (χ4n) is 1.17. The van der Waals surface area contributed by atoms with Gasteiger partial charge in [0.15, 0.2) is 0 Å². The normalized spacial score (nSPS) is 13.9. The summed E-state index contributed by atoms with van der Waals surface area (Å²) >= 11 is 0. The lowest BCUT2D eigenvalue weighted by Crippen LogP contribution is -2.16. The van der Waals surface area contributed by atoms with Crippen molar-refractivity contribution < 1.29 is 0 Å². The van der Waals surface area contributed by atoms with Crippen molar-refractivity contribution in [2.24, 2.45) is 11.7 Å². The second-order valence-corrected chi connectivity index (χ2v) is 3.36. The highest BCUT2D eigenvalue weighted by Crippen LogP contribution is 2.21. The fraction of sp³-hybridized carbons (Fsp3) is 0.556. The molecule has 1 unspecified atom stereocenters. The highest BCUT2D eigenvalue weighted by molar-refractivity contribution is 5.25. The molecule has 0 fully saturated rings. The number of aryl methyl sites for hydroxylation is 1. The van der Waals surface area contributed by atoms with E-state index in [9.17, 15) is 0 Å². The summed E-state index contributed by atoms with van der Waals surface area (Å²) in [6.45, 7) is 6.35. The van der Waals surface area contributed by atoms with Crippen LogP contribution in [0.4, 0.5) is 0 Å². The molecule has 62 valence electrons. The van der Waals surface area contributed by atoms with Crippen LogP contribution in [0.25, 0.3) is 0 Å². The molecular weight excluding hydrogens is 136 g/mol. The van der Waals surface area contributed by atoms with E-state index in [1.807, 2.05) is 12.4 Å². The predicted octanol–water partition coefficient (Wildman–Crippen LogP) is 1.98. The third kappa shape index (κ3) is 1.63. The fourth-order valence-corrected chi connectivity index (χ4v) is 1.17. The molecule has 1 aromatic heterocycles. The van der Waals surface area contributed by atoms with Crippen LogP contribution in [0, 0.1) is 12.8 Å². The third-order valence-electron chi connectivity index (χ3n) is 2.07. The Hall–Kier alpha value is -0.760. The summed E-state index contributed by atoms with van der Waals surface area (Å²) < 4.78 is 0. The van der Waals surface area contributed by atoms with Crippen LogP contribution in [0.15, 0.2) is 12.4 Å². The van der Waals surface area contributed by atoms with Gasteiger partial charge in [-0.25, -0.2) is 0 Å². The molecule has 0 aliphatic rings. The van der Waals surface area contributed by atoms with Crippen molar-refractivity contribution >= 4 is 0 Å². The molecule has 0 bridgehead atoms. The Labute approximate surface area is 67.8 Å². The van der Waals surface area contributed by atoms with Gasteiger partial charge in [0.2, 0.25) is 0 Å². The van der Waals surface area contributed by atoms with Crippen LogP contribution in [0.2, 0.25) is 0 Å². The third-order valence-corrected chi connectivity index (χ3v) is 2.07. The van der Waals surface area contributed by atoms with Gasteiger partial charge in [0.25, 0.3) is 0 Å². The van der Waals surface area contributed by atoms with Gasteiger partial charge in [-0.05, 0) is 24.0 Å². The molecule has 11 heavy (non-hydrogen) atoms. The van der Waals surface area contributed by atoms with Crippen LogP contribution in [0.3, 0.4) is 0 Å². The summed E-state index contributed by atoms with van der Waals surface area (Å²) in [4.78, 5) is 3.05. The molecule has 3 N–H and O–H groups in total. The standard InChI is InChI=1S/C9H16N2/c1-6(2)9(10)8-5-11-4-7(8)3/h4-6,9,11H,10H2,1-3H3. The van der Waals surface area contributed by atoms with Crippen LogP contribution < -0.4 is 5.73 Å². The number of H-pyrrole nitrogens is 1. The maximum Gasteiger partial charge on any atom is 0.0335 e. The molecule has 1 heterocycles. The van der Waals surface area contributed by atoms with Crippen molar-refractivity contribution in [2.45, 2.75) is 26.8 Å². The van der Waals surface area contributed by atoms with E-state index in [0.717, 1.165) is 0 Å². The van der Waals surface area contributed by atoms with E-state index in [0.29, 0.717) is 5.92 Å². The highest BCUT2D eigenvalue weighted by atomic mass is 14.7. The molecule has 0 spiro atoms. The number of nitrogens with one attached hydrogen (secondary N) is 1.